The van der Waals surface area contributed by atoms with Crippen molar-refractivity contribution in [1.29, 1.82) is 0 Å². The van der Waals surface area contributed by atoms with Crippen molar-refractivity contribution in [3.63, 3.8) is 0 Å². The highest BCUT2D eigenvalue weighted by Crippen LogP contribution is 2.33. The molecule has 0 atom stereocenters. The van der Waals surface area contributed by atoms with Gasteiger partial charge in [0.05, 0.1) is 16.1 Å². The van der Waals surface area contributed by atoms with Crippen molar-refractivity contribution in [2.24, 2.45) is 0 Å². The summed E-state index contributed by atoms with van der Waals surface area (Å²) in [6.07, 6.45) is 3.68. The van der Waals surface area contributed by atoms with E-state index in [0.29, 0.717) is 0 Å². The third kappa shape index (κ3) is 1.71. The molecule has 1 saturated carbocycles. The second-order valence-electron chi connectivity index (χ2n) is 4.91. The molecule has 0 unspecified atom stereocenters. The standard InChI is InChI=1S/C13H12N2O4/c16-12-10-6-5-9(15(18)19)7-11(10)13(17)14(12)8-3-1-2-4-8/h5-8H,1-4H2. The van der Waals surface area contributed by atoms with Gasteiger partial charge in [-0.2, -0.15) is 0 Å². The molecule has 1 fully saturated rings. The second-order valence-corrected chi connectivity index (χ2v) is 4.91. The summed E-state index contributed by atoms with van der Waals surface area (Å²) < 4.78 is 0. The first-order valence-corrected chi connectivity index (χ1v) is 6.26. The Hall–Kier alpha value is -2.24. The smallest absolute Gasteiger partial charge is 0.270 e. The molecule has 1 aromatic rings. The summed E-state index contributed by atoms with van der Waals surface area (Å²) in [5.41, 5.74) is 0.279. The summed E-state index contributed by atoms with van der Waals surface area (Å²) in [6, 6.07) is 3.79. The van der Waals surface area contributed by atoms with Crippen LogP contribution in [-0.2, 0) is 0 Å². The summed E-state index contributed by atoms with van der Waals surface area (Å²) in [7, 11) is 0. The van der Waals surface area contributed by atoms with E-state index in [9.17, 15) is 19.7 Å². The van der Waals surface area contributed by atoms with E-state index in [4.69, 9.17) is 0 Å². The van der Waals surface area contributed by atoms with Gasteiger partial charge in [-0.15, -0.1) is 0 Å². The number of imide groups is 1. The molecule has 0 spiro atoms. The zero-order chi connectivity index (χ0) is 13.6. The van der Waals surface area contributed by atoms with Crippen LogP contribution < -0.4 is 0 Å². The number of carbonyl (C=O) groups is 2. The Morgan fingerprint density at radius 3 is 2.37 bits per heavy atom. The molecule has 6 heteroatoms. The molecule has 2 amide bonds. The Balaban J connectivity index is 2.01. The number of hydrogen-bond acceptors (Lipinski definition) is 4. The molecular weight excluding hydrogens is 248 g/mol. The fourth-order valence-electron chi connectivity index (χ4n) is 2.86. The summed E-state index contributed by atoms with van der Waals surface area (Å²) in [6.45, 7) is 0. The number of nitrogens with zero attached hydrogens (tertiary/aromatic N) is 2. The van der Waals surface area contributed by atoms with E-state index in [1.807, 2.05) is 0 Å². The van der Waals surface area contributed by atoms with E-state index in [-0.39, 0.29) is 28.8 Å². The van der Waals surface area contributed by atoms with Gasteiger partial charge in [0.15, 0.2) is 0 Å². The molecule has 0 aromatic heterocycles. The molecule has 6 nitrogen and oxygen atoms in total. The normalized spacial score (nSPS) is 19.1. The Kier molecular flexibility index (Phi) is 2.58. The second kappa shape index (κ2) is 4.15. The van der Waals surface area contributed by atoms with Crippen LogP contribution >= 0.6 is 0 Å². The van der Waals surface area contributed by atoms with Gasteiger partial charge in [-0.25, -0.2) is 0 Å². The third-order valence-corrected chi connectivity index (χ3v) is 3.80. The Labute approximate surface area is 109 Å². The van der Waals surface area contributed by atoms with E-state index in [1.54, 1.807) is 0 Å². The fraction of sp³-hybridized carbons (Fsp3) is 0.385. The number of fused-ring (bicyclic) bond motifs is 1. The minimum atomic E-state index is -0.559. The highest BCUT2D eigenvalue weighted by atomic mass is 16.6. The maximum atomic E-state index is 12.3. The van der Waals surface area contributed by atoms with Crippen LogP contribution in [0.1, 0.15) is 46.4 Å². The largest absolute Gasteiger partial charge is 0.271 e. The molecule has 98 valence electrons. The number of amides is 2. The number of carbonyl (C=O) groups excluding carboxylic acids is 2. The van der Waals surface area contributed by atoms with Crippen LogP contribution in [0.4, 0.5) is 5.69 Å². The van der Waals surface area contributed by atoms with E-state index in [2.05, 4.69) is 0 Å². The van der Waals surface area contributed by atoms with Gasteiger partial charge in [-0.3, -0.25) is 24.6 Å². The molecule has 0 saturated heterocycles. The van der Waals surface area contributed by atoms with Crippen LogP contribution in [0.3, 0.4) is 0 Å². The molecule has 3 rings (SSSR count). The molecule has 1 aliphatic heterocycles. The van der Waals surface area contributed by atoms with Gasteiger partial charge in [-0.05, 0) is 18.9 Å². The van der Waals surface area contributed by atoms with Crippen LogP contribution in [0, 0.1) is 10.1 Å². The summed E-state index contributed by atoms with van der Waals surface area (Å²) >= 11 is 0. The molecule has 0 radical (unpaired) electrons. The predicted octanol–water partition coefficient (Wildman–Crippen LogP) is 2.13. The SMILES string of the molecule is O=C1c2ccc([N+](=O)[O-])cc2C(=O)N1C1CCCC1. The highest BCUT2D eigenvalue weighted by molar-refractivity contribution is 6.21. The van der Waals surface area contributed by atoms with Crippen LogP contribution in [0.25, 0.3) is 0 Å². The zero-order valence-electron chi connectivity index (χ0n) is 10.2. The van der Waals surface area contributed by atoms with Crippen LogP contribution in [0.5, 0.6) is 0 Å². The van der Waals surface area contributed by atoms with E-state index in [0.717, 1.165) is 25.7 Å². The minimum absolute atomic E-state index is 0.0496. The topological polar surface area (TPSA) is 80.5 Å². The highest BCUT2D eigenvalue weighted by Gasteiger charge is 2.41. The molecule has 0 bridgehead atoms. The summed E-state index contributed by atoms with van der Waals surface area (Å²) in [4.78, 5) is 35.9. The quantitative estimate of drug-likeness (QED) is 0.463. The minimum Gasteiger partial charge on any atom is -0.271 e. The van der Waals surface area contributed by atoms with E-state index >= 15 is 0 Å². The fourth-order valence-corrected chi connectivity index (χ4v) is 2.86. The lowest BCUT2D eigenvalue weighted by Gasteiger charge is -2.21. The number of non-ortho nitro benzene ring substituents is 1. The van der Waals surface area contributed by atoms with Crippen molar-refractivity contribution in [1.82, 2.24) is 4.90 Å². The lowest BCUT2D eigenvalue weighted by Crippen LogP contribution is -2.38. The van der Waals surface area contributed by atoms with Crippen molar-refractivity contribution in [3.8, 4) is 0 Å². The number of nitro benzene ring substituents is 1. The maximum Gasteiger partial charge on any atom is 0.270 e. The Morgan fingerprint density at radius 1 is 1.11 bits per heavy atom. The lowest BCUT2D eigenvalue weighted by molar-refractivity contribution is -0.384. The molecule has 1 aliphatic carbocycles. The van der Waals surface area contributed by atoms with Gasteiger partial charge < -0.3 is 0 Å². The van der Waals surface area contributed by atoms with Gasteiger partial charge in [0.2, 0.25) is 0 Å². The average molecular weight is 260 g/mol. The van der Waals surface area contributed by atoms with Crippen molar-refractivity contribution in [2.45, 2.75) is 31.7 Å². The van der Waals surface area contributed by atoms with Gasteiger partial charge in [0.25, 0.3) is 17.5 Å². The van der Waals surface area contributed by atoms with Crippen LogP contribution in [-0.4, -0.2) is 27.7 Å². The van der Waals surface area contributed by atoms with Crippen molar-refractivity contribution in [2.75, 3.05) is 0 Å². The van der Waals surface area contributed by atoms with Crippen molar-refractivity contribution >= 4 is 17.5 Å². The first-order chi connectivity index (χ1) is 9.09. The number of rotatable bonds is 2. The number of nitro groups is 1. The van der Waals surface area contributed by atoms with Gasteiger partial charge >= 0.3 is 0 Å². The predicted molar refractivity (Wildman–Crippen MR) is 65.9 cm³/mol. The van der Waals surface area contributed by atoms with Gasteiger partial charge in [0, 0.05) is 18.2 Å². The average Bonchev–Trinajstić information content (AvgIpc) is 2.98. The van der Waals surface area contributed by atoms with Crippen LogP contribution in [0.2, 0.25) is 0 Å². The Morgan fingerprint density at radius 2 is 1.74 bits per heavy atom. The maximum absolute atomic E-state index is 12.3. The van der Waals surface area contributed by atoms with E-state index < -0.39 is 10.8 Å². The summed E-state index contributed by atoms with van der Waals surface area (Å²) in [5.74, 6) is -0.711. The summed E-state index contributed by atoms with van der Waals surface area (Å²) in [5, 5.41) is 10.7. The first kappa shape index (κ1) is 11.8. The third-order valence-electron chi connectivity index (χ3n) is 3.80. The molecule has 2 aliphatic rings. The molecule has 19 heavy (non-hydrogen) atoms. The van der Waals surface area contributed by atoms with Gasteiger partial charge in [0.1, 0.15) is 0 Å². The molecule has 0 N–H and O–H groups in total. The van der Waals surface area contributed by atoms with E-state index in [1.165, 1.54) is 23.1 Å². The van der Waals surface area contributed by atoms with Crippen LogP contribution in [0.15, 0.2) is 18.2 Å². The monoisotopic (exact) mass is 260 g/mol. The number of benzene rings is 1. The Bertz CT molecular complexity index is 590. The molecular formula is C13H12N2O4. The molecule has 1 aromatic carbocycles. The van der Waals surface area contributed by atoms with Crippen molar-refractivity contribution in [3.05, 3.63) is 39.4 Å². The first-order valence-electron chi connectivity index (χ1n) is 6.26. The number of hydrogen-bond donors (Lipinski definition) is 0. The molecule has 1 heterocycles. The zero-order valence-corrected chi connectivity index (χ0v) is 10.2. The van der Waals surface area contributed by atoms with Crippen molar-refractivity contribution < 1.29 is 14.5 Å². The lowest BCUT2D eigenvalue weighted by atomic mass is 10.1. The van der Waals surface area contributed by atoms with Gasteiger partial charge in [-0.1, -0.05) is 12.8 Å².